The molecule has 0 fully saturated rings. The van der Waals surface area contributed by atoms with Gasteiger partial charge in [0, 0.05) is 11.1 Å². The lowest BCUT2D eigenvalue weighted by Crippen LogP contribution is -1.86. The summed E-state index contributed by atoms with van der Waals surface area (Å²) < 4.78 is 0. The molecule has 4 nitrogen and oxygen atoms in total. The molecule has 20 heavy (non-hydrogen) atoms. The Bertz CT molecular complexity index is 707. The van der Waals surface area contributed by atoms with Gasteiger partial charge in [0.15, 0.2) is 0 Å². The number of aromatic hydroxyl groups is 2. The molecule has 0 radical (unpaired) electrons. The van der Waals surface area contributed by atoms with Gasteiger partial charge in [-0.3, -0.25) is 0 Å². The number of phenols is 2. The molecule has 0 spiro atoms. The quantitative estimate of drug-likeness (QED) is 0.331. The molecule has 6 N–H and O–H groups in total. The number of hydrogen-bond donors (Lipinski definition) is 4. The number of nitrogens with two attached hydrogens (primary N) is 2. The molecule has 0 aliphatic heterocycles. The molecule has 2 aromatic carbocycles. The fourth-order valence-electron chi connectivity index (χ4n) is 1.47. The maximum atomic E-state index is 9.28. The topological polar surface area (TPSA) is 92.5 Å². The maximum absolute atomic E-state index is 9.28. The molecule has 0 aliphatic carbocycles. The minimum Gasteiger partial charge on any atom is -0.506 e. The van der Waals surface area contributed by atoms with Crippen LogP contribution >= 0.6 is 0 Å². The first-order valence-corrected chi connectivity index (χ1v) is 5.75. The second-order valence-electron chi connectivity index (χ2n) is 4.05. The van der Waals surface area contributed by atoms with Gasteiger partial charge >= 0.3 is 0 Å². The molecule has 0 saturated carbocycles. The molecule has 0 unspecified atom stereocenters. The molecule has 0 bridgehead atoms. The zero-order valence-corrected chi connectivity index (χ0v) is 10.5. The first-order chi connectivity index (χ1) is 9.56. The highest BCUT2D eigenvalue weighted by atomic mass is 16.3. The third-order valence-electron chi connectivity index (χ3n) is 2.53. The van der Waals surface area contributed by atoms with Crippen LogP contribution in [0.1, 0.15) is 11.1 Å². The minimum atomic E-state index is 0.0289. The lowest BCUT2D eigenvalue weighted by atomic mass is 10.2. The minimum absolute atomic E-state index is 0.0289. The summed E-state index contributed by atoms with van der Waals surface area (Å²) >= 11 is 0. The fraction of sp³-hybridized carbons (Fsp3) is 0. The zero-order valence-electron chi connectivity index (χ0n) is 10.5. The van der Waals surface area contributed by atoms with Crippen LogP contribution < -0.4 is 11.5 Å². The highest BCUT2D eigenvalue weighted by Gasteiger charge is 1.96. The van der Waals surface area contributed by atoms with E-state index in [-0.39, 0.29) is 22.9 Å². The van der Waals surface area contributed by atoms with Crippen LogP contribution in [0.2, 0.25) is 0 Å². The molecule has 0 heterocycles. The van der Waals surface area contributed by atoms with E-state index in [1.807, 2.05) is 0 Å². The van der Waals surface area contributed by atoms with Crippen molar-refractivity contribution < 1.29 is 10.2 Å². The molecule has 2 rings (SSSR count). The summed E-state index contributed by atoms with van der Waals surface area (Å²) in [4.78, 5) is 0. The standard InChI is InChI=1S/C16H12N2O2/c17-13-9-11(5-7-15(13)19)3-1-2-4-12-6-8-16(20)14(18)10-12/h5-10,19-20H,17-18H2. The molecule has 0 aromatic heterocycles. The Morgan fingerprint density at radius 2 is 1.10 bits per heavy atom. The smallest absolute Gasteiger partial charge is 0.138 e. The van der Waals surface area contributed by atoms with E-state index < -0.39 is 0 Å². The van der Waals surface area contributed by atoms with Crippen LogP contribution in [0.3, 0.4) is 0 Å². The normalized spacial score (nSPS) is 9.00. The van der Waals surface area contributed by atoms with E-state index in [0.29, 0.717) is 11.1 Å². The van der Waals surface area contributed by atoms with Crippen molar-refractivity contribution in [2.24, 2.45) is 0 Å². The van der Waals surface area contributed by atoms with Crippen LogP contribution in [-0.4, -0.2) is 10.2 Å². The van der Waals surface area contributed by atoms with Crippen molar-refractivity contribution in [3.8, 4) is 35.2 Å². The lowest BCUT2D eigenvalue weighted by molar-refractivity contribution is 0.477. The Hall–Kier alpha value is -3.24. The van der Waals surface area contributed by atoms with E-state index in [0.717, 1.165) is 0 Å². The third kappa shape index (κ3) is 3.16. The van der Waals surface area contributed by atoms with Gasteiger partial charge in [0.1, 0.15) is 11.5 Å². The van der Waals surface area contributed by atoms with Gasteiger partial charge in [-0.1, -0.05) is 11.8 Å². The average molecular weight is 264 g/mol. The number of phenolic OH excluding ortho intramolecular Hbond substituents is 2. The predicted molar refractivity (Wildman–Crippen MR) is 78.8 cm³/mol. The number of anilines is 2. The summed E-state index contributed by atoms with van der Waals surface area (Å²) in [5, 5.41) is 18.6. The number of rotatable bonds is 0. The molecular formula is C16H12N2O2. The Labute approximate surface area is 116 Å². The molecule has 0 aliphatic rings. The van der Waals surface area contributed by atoms with E-state index in [1.54, 1.807) is 24.3 Å². The van der Waals surface area contributed by atoms with Gasteiger partial charge in [0.05, 0.1) is 11.4 Å². The fourth-order valence-corrected chi connectivity index (χ4v) is 1.47. The molecule has 4 heteroatoms. The number of nitrogen functional groups attached to an aromatic ring is 2. The largest absolute Gasteiger partial charge is 0.506 e. The second-order valence-corrected chi connectivity index (χ2v) is 4.05. The van der Waals surface area contributed by atoms with E-state index in [4.69, 9.17) is 11.5 Å². The van der Waals surface area contributed by atoms with E-state index in [1.165, 1.54) is 12.1 Å². The number of hydrogen-bond acceptors (Lipinski definition) is 4. The van der Waals surface area contributed by atoms with Crippen molar-refractivity contribution in [2.45, 2.75) is 0 Å². The Balaban J connectivity index is 2.17. The Morgan fingerprint density at radius 3 is 1.45 bits per heavy atom. The van der Waals surface area contributed by atoms with Gasteiger partial charge in [-0.15, -0.1) is 0 Å². The van der Waals surface area contributed by atoms with E-state index in [2.05, 4.69) is 23.7 Å². The van der Waals surface area contributed by atoms with Crippen molar-refractivity contribution >= 4 is 11.4 Å². The molecule has 0 amide bonds. The summed E-state index contributed by atoms with van der Waals surface area (Å²) in [6.07, 6.45) is 0. The van der Waals surface area contributed by atoms with Gasteiger partial charge in [0.2, 0.25) is 0 Å². The zero-order chi connectivity index (χ0) is 14.5. The van der Waals surface area contributed by atoms with E-state index >= 15 is 0 Å². The van der Waals surface area contributed by atoms with Gasteiger partial charge in [-0.05, 0) is 48.2 Å². The first-order valence-electron chi connectivity index (χ1n) is 5.75. The highest BCUT2D eigenvalue weighted by molar-refractivity contribution is 5.59. The average Bonchev–Trinajstić information content (AvgIpc) is 2.42. The lowest BCUT2D eigenvalue weighted by Gasteiger charge is -1.97. The van der Waals surface area contributed by atoms with Crippen molar-refractivity contribution in [2.75, 3.05) is 11.5 Å². The molecule has 0 atom stereocenters. The van der Waals surface area contributed by atoms with Gasteiger partial charge in [-0.2, -0.15) is 0 Å². The first kappa shape index (κ1) is 13.2. The molecule has 0 saturated heterocycles. The summed E-state index contributed by atoms with van der Waals surface area (Å²) in [6, 6.07) is 9.41. The Morgan fingerprint density at radius 1 is 0.700 bits per heavy atom. The van der Waals surface area contributed by atoms with Crippen LogP contribution in [0.15, 0.2) is 36.4 Å². The monoisotopic (exact) mass is 264 g/mol. The Kier molecular flexibility index (Phi) is 3.70. The summed E-state index contributed by atoms with van der Waals surface area (Å²) in [5.74, 6) is 11.0. The summed E-state index contributed by atoms with van der Waals surface area (Å²) in [5.41, 5.74) is 13.0. The van der Waals surface area contributed by atoms with Crippen molar-refractivity contribution in [3.05, 3.63) is 47.5 Å². The highest BCUT2D eigenvalue weighted by Crippen LogP contribution is 2.20. The van der Waals surface area contributed by atoms with E-state index in [9.17, 15) is 10.2 Å². The third-order valence-corrected chi connectivity index (χ3v) is 2.53. The van der Waals surface area contributed by atoms with Gasteiger partial charge in [-0.25, -0.2) is 0 Å². The van der Waals surface area contributed by atoms with Crippen LogP contribution in [0.25, 0.3) is 0 Å². The predicted octanol–water partition coefficient (Wildman–Crippen LogP) is 1.67. The van der Waals surface area contributed by atoms with Crippen LogP contribution in [0, 0.1) is 23.7 Å². The summed E-state index contributed by atoms with van der Waals surface area (Å²) in [6.45, 7) is 0. The van der Waals surface area contributed by atoms with Crippen molar-refractivity contribution in [3.63, 3.8) is 0 Å². The SMILES string of the molecule is Nc1cc(C#CC#Cc2ccc(O)c(N)c2)ccc1O. The van der Waals surface area contributed by atoms with Gasteiger partial charge < -0.3 is 21.7 Å². The van der Waals surface area contributed by atoms with Crippen LogP contribution in [0.5, 0.6) is 11.5 Å². The van der Waals surface area contributed by atoms with Crippen LogP contribution in [0.4, 0.5) is 11.4 Å². The molecule has 2 aromatic rings. The molecular weight excluding hydrogens is 252 g/mol. The maximum Gasteiger partial charge on any atom is 0.138 e. The number of benzene rings is 2. The van der Waals surface area contributed by atoms with Crippen molar-refractivity contribution in [1.82, 2.24) is 0 Å². The van der Waals surface area contributed by atoms with Gasteiger partial charge in [0.25, 0.3) is 0 Å². The van der Waals surface area contributed by atoms with Crippen LogP contribution in [-0.2, 0) is 0 Å². The summed E-state index contributed by atoms with van der Waals surface area (Å²) in [7, 11) is 0. The van der Waals surface area contributed by atoms with Crippen molar-refractivity contribution in [1.29, 1.82) is 0 Å². The second kappa shape index (κ2) is 5.60. The molecule has 98 valence electrons.